The minimum atomic E-state index is 0.395. The van der Waals surface area contributed by atoms with Crippen molar-refractivity contribution in [3.05, 3.63) is 12.2 Å². The van der Waals surface area contributed by atoms with E-state index in [1.54, 1.807) is 0 Å². The van der Waals surface area contributed by atoms with Crippen molar-refractivity contribution in [2.45, 2.75) is 40.5 Å². The topological polar surface area (TPSA) is 0 Å². The van der Waals surface area contributed by atoms with Gasteiger partial charge < -0.3 is 0 Å². The van der Waals surface area contributed by atoms with Gasteiger partial charge in [-0.2, -0.15) is 0 Å². The summed E-state index contributed by atoms with van der Waals surface area (Å²) in [7, 11) is 0. The maximum Gasteiger partial charge on any atom is -0.0144 e. The first-order chi connectivity index (χ1) is 4.95. The molecule has 1 fully saturated rings. The SMILES string of the molecule is C=C1[C@H](C)C(C)CCC1(C)C. The van der Waals surface area contributed by atoms with Crippen LogP contribution in [0.5, 0.6) is 0 Å². The zero-order valence-electron chi connectivity index (χ0n) is 8.28. The number of hydrogen-bond acceptors (Lipinski definition) is 0. The predicted molar refractivity (Wildman–Crippen MR) is 50.5 cm³/mol. The van der Waals surface area contributed by atoms with E-state index in [4.69, 9.17) is 0 Å². The highest BCUT2D eigenvalue weighted by molar-refractivity contribution is 5.14. The van der Waals surface area contributed by atoms with Crippen LogP contribution < -0.4 is 0 Å². The molecule has 11 heavy (non-hydrogen) atoms. The molecule has 0 spiro atoms. The average Bonchev–Trinajstić information content (AvgIpc) is 1.95. The van der Waals surface area contributed by atoms with Crippen LogP contribution in [0.25, 0.3) is 0 Å². The van der Waals surface area contributed by atoms with Crippen LogP contribution in [0.2, 0.25) is 0 Å². The van der Waals surface area contributed by atoms with Crippen LogP contribution in [0.15, 0.2) is 12.2 Å². The molecule has 1 rings (SSSR count). The van der Waals surface area contributed by atoms with E-state index < -0.39 is 0 Å². The quantitative estimate of drug-likeness (QED) is 0.465. The lowest BCUT2D eigenvalue weighted by Crippen LogP contribution is -2.29. The van der Waals surface area contributed by atoms with Gasteiger partial charge in [0.05, 0.1) is 0 Å². The first kappa shape index (κ1) is 8.83. The zero-order valence-corrected chi connectivity index (χ0v) is 8.28. The third-order valence-corrected chi connectivity index (χ3v) is 3.50. The Labute approximate surface area is 70.7 Å². The van der Waals surface area contributed by atoms with Crippen LogP contribution in [-0.2, 0) is 0 Å². The van der Waals surface area contributed by atoms with Crippen molar-refractivity contribution in [2.75, 3.05) is 0 Å². The van der Waals surface area contributed by atoms with E-state index in [0.29, 0.717) is 5.41 Å². The van der Waals surface area contributed by atoms with Crippen LogP contribution in [0.3, 0.4) is 0 Å². The fraction of sp³-hybridized carbons (Fsp3) is 0.818. The molecule has 2 atom stereocenters. The highest BCUT2D eigenvalue weighted by atomic mass is 14.4. The van der Waals surface area contributed by atoms with Crippen LogP contribution in [0, 0.1) is 17.3 Å². The lowest BCUT2D eigenvalue weighted by molar-refractivity contribution is 0.227. The molecule has 0 aromatic heterocycles. The maximum absolute atomic E-state index is 4.20. The molecule has 0 N–H and O–H groups in total. The highest BCUT2D eigenvalue weighted by Gasteiger charge is 2.33. The van der Waals surface area contributed by atoms with E-state index in [2.05, 4.69) is 34.3 Å². The van der Waals surface area contributed by atoms with Crippen molar-refractivity contribution >= 4 is 0 Å². The molecule has 1 unspecified atom stereocenters. The zero-order chi connectivity index (χ0) is 8.65. The summed E-state index contributed by atoms with van der Waals surface area (Å²) < 4.78 is 0. The Kier molecular flexibility index (Phi) is 2.13. The molecular weight excluding hydrogens is 132 g/mol. The first-order valence-electron chi connectivity index (χ1n) is 4.64. The van der Waals surface area contributed by atoms with Gasteiger partial charge in [-0.25, -0.2) is 0 Å². The van der Waals surface area contributed by atoms with Crippen molar-refractivity contribution in [3.8, 4) is 0 Å². The summed E-state index contributed by atoms with van der Waals surface area (Å²) in [6.07, 6.45) is 2.69. The number of rotatable bonds is 0. The molecule has 0 radical (unpaired) electrons. The van der Waals surface area contributed by atoms with E-state index in [-0.39, 0.29) is 0 Å². The molecule has 0 amide bonds. The van der Waals surface area contributed by atoms with E-state index >= 15 is 0 Å². The molecule has 0 heteroatoms. The van der Waals surface area contributed by atoms with Gasteiger partial charge in [0.15, 0.2) is 0 Å². The summed E-state index contributed by atoms with van der Waals surface area (Å²) in [5.41, 5.74) is 1.85. The smallest absolute Gasteiger partial charge is 0.0144 e. The highest BCUT2D eigenvalue weighted by Crippen LogP contribution is 2.44. The van der Waals surface area contributed by atoms with Crippen molar-refractivity contribution in [1.82, 2.24) is 0 Å². The summed E-state index contributed by atoms with van der Waals surface area (Å²) in [4.78, 5) is 0. The third kappa shape index (κ3) is 1.50. The Morgan fingerprint density at radius 1 is 1.36 bits per heavy atom. The molecule has 1 saturated carbocycles. The Balaban J connectivity index is 2.76. The second-order valence-corrected chi connectivity index (χ2v) is 4.71. The van der Waals surface area contributed by atoms with E-state index in [1.165, 1.54) is 18.4 Å². The Morgan fingerprint density at radius 2 is 1.91 bits per heavy atom. The molecule has 1 aliphatic carbocycles. The van der Waals surface area contributed by atoms with Crippen molar-refractivity contribution in [3.63, 3.8) is 0 Å². The van der Waals surface area contributed by atoms with E-state index in [9.17, 15) is 0 Å². The van der Waals surface area contributed by atoms with Gasteiger partial charge in [0, 0.05) is 0 Å². The van der Waals surface area contributed by atoms with Gasteiger partial charge >= 0.3 is 0 Å². The number of hydrogen-bond donors (Lipinski definition) is 0. The Hall–Kier alpha value is -0.260. The largest absolute Gasteiger partial charge is 0.0990 e. The maximum atomic E-state index is 4.20. The normalized spacial score (nSPS) is 37.3. The van der Waals surface area contributed by atoms with Gasteiger partial charge in [-0.1, -0.05) is 39.8 Å². The average molecular weight is 152 g/mol. The summed E-state index contributed by atoms with van der Waals surface area (Å²) in [5, 5.41) is 0. The van der Waals surface area contributed by atoms with E-state index in [0.717, 1.165) is 11.8 Å². The summed E-state index contributed by atoms with van der Waals surface area (Å²) >= 11 is 0. The minimum Gasteiger partial charge on any atom is -0.0990 e. The van der Waals surface area contributed by atoms with Gasteiger partial charge in [0.25, 0.3) is 0 Å². The standard InChI is InChI=1S/C11H20/c1-8-6-7-11(4,5)10(3)9(8)2/h8-9H,3,6-7H2,1-2,4-5H3/t8?,9-/m1/s1. The molecule has 64 valence electrons. The molecule has 0 heterocycles. The second-order valence-electron chi connectivity index (χ2n) is 4.71. The lowest BCUT2D eigenvalue weighted by atomic mass is 9.65. The predicted octanol–water partition coefficient (Wildman–Crippen LogP) is 3.63. The van der Waals surface area contributed by atoms with Gasteiger partial charge in [-0.3, -0.25) is 0 Å². The monoisotopic (exact) mass is 152 g/mol. The van der Waals surface area contributed by atoms with Crippen LogP contribution in [-0.4, -0.2) is 0 Å². The molecule has 0 aromatic carbocycles. The Bertz CT molecular complexity index is 165. The molecular formula is C11H20. The fourth-order valence-electron chi connectivity index (χ4n) is 1.96. The van der Waals surface area contributed by atoms with Gasteiger partial charge in [-0.05, 0) is 30.1 Å². The Morgan fingerprint density at radius 3 is 2.36 bits per heavy atom. The second kappa shape index (κ2) is 2.66. The summed E-state index contributed by atoms with van der Waals surface area (Å²) in [6, 6.07) is 0. The third-order valence-electron chi connectivity index (χ3n) is 3.50. The van der Waals surface area contributed by atoms with E-state index in [1.807, 2.05) is 0 Å². The molecule has 0 aliphatic heterocycles. The molecule has 0 bridgehead atoms. The van der Waals surface area contributed by atoms with Crippen LogP contribution in [0.4, 0.5) is 0 Å². The van der Waals surface area contributed by atoms with Gasteiger partial charge in [-0.15, -0.1) is 0 Å². The molecule has 0 nitrogen and oxygen atoms in total. The molecule has 0 aromatic rings. The minimum absolute atomic E-state index is 0.395. The molecule has 0 saturated heterocycles. The van der Waals surface area contributed by atoms with Gasteiger partial charge in [0.2, 0.25) is 0 Å². The van der Waals surface area contributed by atoms with Gasteiger partial charge in [0.1, 0.15) is 0 Å². The number of allylic oxidation sites excluding steroid dienone is 1. The first-order valence-corrected chi connectivity index (χ1v) is 4.64. The van der Waals surface area contributed by atoms with Crippen LogP contribution >= 0.6 is 0 Å². The lowest BCUT2D eigenvalue weighted by Gasteiger charge is -2.40. The van der Waals surface area contributed by atoms with Crippen LogP contribution in [0.1, 0.15) is 40.5 Å². The molecule has 1 aliphatic rings. The van der Waals surface area contributed by atoms with Crippen molar-refractivity contribution < 1.29 is 0 Å². The van der Waals surface area contributed by atoms with Crippen molar-refractivity contribution in [2.24, 2.45) is 17.3 Å². The summed E-state index contributed by atoms with van der Waals surface area (Å²) in [5.74, 6) is 1.56. The fourth-order valence-corrected chi connectivity index (χ4v) is 1.96. The van der Waals surface area contributed by atoms with Crippen molar-refractivity contribution in [1.29, 1.82) is 0 Å². The summed E-state index contributed by atoms with van der Waals surface area (Å²) in [6.45, 7) is 13.5.